The zero-order chi connectivity index (χ0) is 27.7. The summed E-state index contributed by atoms with van der Waals surface area (Å²) in [6.07, 6.45) is 0.625. The molecule has 0 aliphatic rings. The smallest absolute Gasteiger partial charge is 0.242 e. The van der Waals surface area contributed by atoms with Gasteiger partial charge in [0.1, 0.15) is 6.04 Å². The number of carbonyl (C=O) groups is 2. The van der Waals surface area contributed by atoms with Gasteiger partial charge in [-0.3, -0.25) is 9.59 Å². The standard InChI is InChI=1S/C28H31Cl2N3O4S/c1-31-28(35)26(18-21-10-5-3-6-11-21)33(20-22-15-16-23(29)19-25(22)30)27(34)14-9-17-32(2)38(36,37)24-12-7-4-8-13-24/h3-8,10-13,15-16,19,26H,9,14,17-18,20H2,1-2H3,(H,31,35)/t26-/m1/s1. The van der Waals surface area contributed by atoms with Gasteiger partial charge in [0.05, 0.1) is 4.90 Å². The summed E-state index contributed by atoms with van der Waals surface area (Å²) in [7, 11) is -0.659. The van der Waals surface area contributed by atoms with Gasteiger partial charge in [-0.1, -0.05) is 77.8 Å². The van der Waals surface area contributed by atoms with Crippen molar-refractivity contribution in [2.45, 2.75) is 36.7 Å². The zero-order valence-corrected chi connectivity index (χ0v) is 23.6. The number of hydrogen-bond donors (Lipinski definition) is 1. The van der Waals surface area contributed by atoms with Crippen LogP contribution in [0.25, 0.3) is 0 Å². The van der Waals surface area contributed by atoms with E-state index < -0.39 is 16.1 Å². The van der Waals surface area contributed by atoms with Gasteiger partial charge < -0.3 is 10.2 Å². The van der Waals surface area contributed by atoms with Crippen molar-refractivity contribution in [2.24, 2.45) is 0 Å². The maximum Gasteiger partial charge on any atom is 0.242 e. The molecule has 0 aliphatic heterocycles. The van der Waals surface area contributed by atoms with Crippen LogP contribution in [0.1, 0.15) is 24.0 Å². The van der Waals surface area contributed by atoms with Crippen LogP contribution in [0.15, 0.2) is 83.8 Å². The van der Waals surface area contributed by atoms with E-state index in [0.29, 0.717) is 22.0 Å². The highest BCUT2D eigenvalue weighted by atomic mass is 35.5. The molecule has 0 aliphatic carbocycles. The Morgan fingerprint density at radius 2 is 1.58 bits per heavy atom. The van der Waals surface area contributed by atoms with E-state index in [0.717, 1.165) is 5.56 Å². The second kappa shape index (κ2) is 13.8. The van der Waals surface area contributed by atoms with Crippen molar-refractivity contribution in [1.29, 1.82) is 0 Å². The van der Waals surface area contributed by atoms with Crippen LogP contribution in [0.3, 0.4) is 0 Å². The maximum atomic E-state index is 13.6. The SMILES string of the molecule is CNC(=O)[C@@H](Cc1ccccc1)N(Cc1ccc(Cl)cc1Cl)C(=O)CCCN(C)S(=O)(=O)c1ccccc1. The van der Waals surface area contributed by atoms with Crippen LogP contribution in [-0.4, -0.2) is 56.1 Å². The molecule has 10 heteroatoms. The molecule has 0 fully saturated rings. The molecule has 0 unspecified atom stereocenters. The molecule has 202 valence electrons. The van der Waals surface area contributed by atoms with Gasteiger partial charge in [0.25, 0.3) is 0 Å². The average molecular weight is 577 g/mol. The number of likely N-dealkylation sites (N-methyl/N-ethyl adjacent to an activating group) is 1. The lowest BCUT2D eigenvalue weighted by molar-refractivity contribution is -0.141. The first kappa shape index (κ1) is 29.6. The van der Waals surface area contributed by atoms with Gasteiger partial charge in [-0.15, -0.1) is 0 Å². The minimum absolute atomic E-state index is 0.0438. The summed E-state index contributed by atoms with van der Waals surface area (Å²) < 4.78 is 26.9. The van der Waals surface area contributed by atoms with Crippen molar-refractivity contribution in [3.63, 3.8) is 0 Å². The van der Waals surface area contributed by atoms with E-state index in [1.807, 2.05) is 30.3 Å². The Labute approximate surface area is 234 Å². The predicted octanol–water partition coefficient (Wildman–Crippen LogP) is 4.78. The summed E-state index contributed by atoms with van der Waals surface area (Å²) in [6, 6.07) is 21.8. The monoisotopic (exact) mass is 575 g/mol. The number of carbonyl (C=O) groups excluding carboxylic acids is 2. The van der Waals surface area contributed by atoms with Gasteiger partial charge in [-0.05, 0) is 41.8 Å². The van der Waals surface area contributed by atoms with E-state index in [1.165, 1.54) is 35.4 Å². The van der Waals surface area contributed by atoms with E-state index in [4.69, 9.17) is 23.2 Å². The number of amides is 2. The van der Waals surface area contributed by atoms with Crippen LogP contribution < -0.4 is 5.32 Å². The first-order valence-electron chi connectivity index (χ1n) is 12.1. The number of sulfonamides is 1. The van der Waals surface area contributed by atoms with Crippen LogP contribution >= 0.6 is 23.2 Å². The van der Waals surface area contributed by atoms with Crippen LogP contribution in [0.5, 0.6) is 0 Å². The van der Waals surface area contributed by atoms with E-state index in [-0.39, 0.29) is 42.6 Å². The molecule has 0 saturated heterocycles. The molecule has 3 aromatic carbocycles. The molecule has 3 aromatic rings. The Morgan fingerprint density at radius 3 is 2.18 bits per heavy atom. The van der Waals surface area contributed by atoms with Gasteiger partial charge in [0, 0.05) is 50.1 Å². The Balaban J connectivity index is 1.81. The number of nitrogens with zero attached hydrogens (tertiary/aromatic N) is 2. The fourth-order valence-electron chi connectivity index (χ4n) is 4.04. The van der Waals surface area contributed by atoms with E-state index in [9.17, 15) is 18.0 Å². The Kier molecular flexibility index (Phi) is 10.7. The summed E-state index contributed by atoms with van der Waals surface area (Å²) >= 11 is 12.5. The topological polar surface area (TPSA) is 86.8 Å². The molecular formula is C28H31Cl2N3O4S. The molecule has 7 nitrogen and oxygen atoms in total. The molecule has 0 heterocycles. The molecule has 0 aromatic heterocycles. The number of halogens is 2. The van der Waals surface area contributed by atoms with Gasteiger partial charge >= 0.3 is 0 Å². The van der Waals surface area contributed by atoms with Crippen molar-refractivity contribution in [2.75, 3.05) is 20.6 Å². The molecule has 0 saturated carbocycles. The lowest BCUT2D eigenvalue weighted by Crippen LogP contribution is -2.49. The molecular weight excluding hydrogens is 545 g/mol. The molecule has 0 bridgehead atoms. The highest BCUT2D eigenvalue weighted by molar-refractivity contribution is 7.89. The van der Waals surface area contributed by atoms with Crippen molar-refractivity contribution in [3.8, 4) is 0 Å². The molecule has 38 heavy (non-hydrogen) atoms. The highest BCUT2D eigenvalue weighted by Gasteiger charge is 2.30. The third-order valence-corrected chi connectivity index (χ3v) is 8.65. The molecule has 1 atom stereocenters. The second-order valence-corrected chi connectivity index (χ2v) is 11.7. The summed E-state index contributed by atoms with van der Waals surface area (Å²) in [4.78, 5) is 28.3. The van der Waals surface area contributed by atoms with Crippen LogP contribution in [-0.2, 0) is 32.6 Å². The van der Waals surface area contributed by atoms with Gasteiger partial charge in [-0.25, -0.2) is 12.7 Å². The van der Waals surface area contributed by atoms with E-state index in [2.05, 4.69) is 5.32 Å². The van der Waals surface area contributed by atoms with Gasteiger partial charge in [-0.2, -0.15) is 0 Å². The van der Waals surface area contributed by atoms with Crippen molar-refractivity contribution >= 4 is 45.0 Å². The minimum atomic E-state index is -3.68. The van der Waals surface area contributed by atoms with E-state index >= 15 is 0 Å². The third kappa shape index (κ3) is 7.80. The lowest BCUT2D eigenvalue weighted by Gasteiger charge is -2.31. The van der Waals surface area contributed by atoms with Crippen LogP contribution in [0.4, 0.5) is 0 Å². The van der Waals surface area contributed by atoms with Gasteiger partial charge in [0.15, 0.2) is 0 Å². The number of benzene rings is 3. The van der Waals surface area contributed by atoms with Crippen LogP contribution in [0.2, 0.25) is 10.0 Å². The molecule has 1 N–H and O–H groups in total. The van der Waals surface area contributed by atoms with E-state index in [1.54, 1.807) is 36.4 Å². The second-order valence-electron chi connectivity index (χ2n) is 8.82. The Bertz CT molecular complexity index is 1340. The summed E-state index contributed by atoms with van der Waals surface area (Å²) in [5.74, 6) is -0.595. The number of rotatable bonds is 12. The average Bonchev–Trinajstić information content (AvgIpc) is 2.92. The molecule has 0 radical (unpaired) electrons. The lowest BCUT2D eigenvalue weighted by atomic mass is 10.0. The first-order valence-corrected chi connectivity index (χ1v) is 14.3. The third-order valence-electron chi connectivity index (χ3n) is 6.19. The zero-order valence-electron chi connectivity index (χ0n) is 21.3. The quantitative estimate of drug-likeness (QED) is 0.336. The normalized spacial score (nSPS) is 12.2. The fourth-order valence-corrected chi connectivity index (χ4v) is 5.74. The Morgan fingerprint density at radius 1 is 0.947 bits per heavy atom. The predicted molar refractivity (Wildman–Crippen MR) is 151 cm³/mol. The summed E-state index contributed by atoms with van der Waals surface area (Å²) in [5.41, 5.74) is 1.55. The van der Waals surface area contributed by atoms with Crippen LogP contribution in [0, 0.1) is 0 Å². The minimum Gasteiger partial charge on any atom is -0.357 e. The number of nitrogens with one attached hydrogen (secondary N) is 1. The molecule has 3 rings (SSSR count). The summed E-state index contributed by atoms with van der Waals surface area (Å²) in [5, 5.41) is 3.52. The van der Waals surface area contributed by atoms with Crippen molar-refractivity contribution in [1.82, 2.24) is 14.5 Å². The first-order chi connectivity index (χ1) is 18.1. The summed E-state index contributed by atoms with van der Waals surface area (Å²) in [6.45, 7) is 0.236. The molecule has 0 spiro atoms. The number of hydrogen-bond acceptors (Lipinski definition) is 4. The fraction of sp³-hybridized carbons (Fsp3) is 0.286. The largest absolute Gasteiger partial charge is 0.357 e. The maximum absolute atomic E-state index is 13.6. The highest BCUT2D eigenvalue weighted by Crippen LogP contribution is 2.25. The molecule has 2 amide bonds. The van der Waals surface area contributed by atoms with Gasteiger partial charge in [0.2, 0.25) is 21.8 Å². The van der Waals surface area contributed by atoms with Crippen molar-refractivity contribution in [3.05, 3.63) is 100 Å². The van der Waals surface area contributed by atoms with Crippen molar-refractivity contribution < 1.29 is 18.0 Å². The Hall–Kier alpha value is -2.91.